The van der Waals surface area contributed by atoms with Gasteiger partial charge in [-0.3, -0.25) is 4.79 Å². The monoisotopic (exact) mass is 330 g/mol. The van der Waals surface area contributed by atoms with Gasteiger partial charge >= 0.3 is 5.97 Å². The summed E-state index contributed by atoms with van der Waals surface area (Å²) in [4.78, 5) is 18.3. The van der Waals surface area contributed by atoms with Crippen molar-refractivity contribution in [1.29, 1.82) is 0 Å². The predicted octanol–water partition coefficient (Wildman–Crippen LogP) is 2.81. The normalized spacial score (nSPS) is 22.6. The minimum absolute atomic E-state index is 0.0536. The summed E-state index contributed by atoms with van der Waals surface area (Å²) in [5.41, 5.74) is 2.87. The van der Waals surface area contributed by atoms with Crippen molar-refractivity contribution in [2.45, 2.75) is 45.6 Å². The smallest absolute Gasteiger partial charge is 0.312 e. The number of oxime groups is 1. The number of esters is 1. The second-order valence-corrected chi connectivity index (χ2v) is 6.74. The first-order valence-corrected chi connectivity index (χ1v) is 8.81. The van der Waals surface area contributed by atoms with Crippen molar-refractivity contribution in [3.05, 3.63) is 35.4 Å². The molecular formula is C19H26N2O3. The number of carbonyl (C=O) groups is 1. The molecule has 1 fully saturated rings. The zero-order chi connectivity index (χ0) is 17.0. The minimum Gasteiger partial charge on any atom is -0.466 e. The van der Waals surface area contributed by atoms with E-state index >= 15 is 0 Å². The highest BCUT2D eigenvalue weighted by Crippen LogP contribution is 2.38. The lowest BCUT2D eigenvalue weighted by molar-refractivity contribution is -0.160. The summed E-state index contributed by atoms with van der Waals surface area (Å²) in [6.07, 6.45) is 2.96. The molecular weight excluding hydrogens is 304 g/mol. The van der Waals surface area contributed by atoms with Crippen molar-refractivity contribution in [3.8, 4) is 0 Å². The molecule has 5 nitrogen and oxygen atoms in total. The molecule has 1 unspecified atom stereocenters. The van der Waals surface area contributed by atoms with Gasteiger partial charge in [-0.15, -0.1) is 0 Å². The highest BCUT2D eigenvalue weighted by Gasteiger charge is 2.44. The Morgan fingerprint density at radius 1 is 1.38 bits per heavy atom. The largest absolute Gasteiger partial charge is 0.466 e. The van der Waals surface area contributed by atoms with E-state index in [-0.39, 0.29) is 12.1 Å². The van der Waals surface area contributed by atoms with Crippen LogP contribution in [-0.4, -0.2) is 37.5 Å². The van der Waals surface area contributed by atoms with E-state index in [0.717, 1.165) is 43.6 Å². The molecule has 5 heteroatoms. The van der Waals surface area contributed by atoms with E-state index in [4.69, 9.17) is 9.57 Å². The van der Waals surface area contributed by atoms with E-state index in [9.17, 15) is 4.79 Å². The van der Waals surface area contributed by atoms with Crippen LogP contribution in [0.4, 0.5) is 0 Å². The van der Waals surface area contributed by atoms with Gasteiger partial charge in [-0.05, 0) is 45.3 Å². The Hall–Kier alpha value is -1.88. The number of aryl methyl sites for hydroxylation is 1. The number of nitrogens with one attached hydrogen (secondary N) is 1. The Bertz CT molecular complexity index is 621. The van der Waals surface area contributed by atoms with Crippen LogP contribution in [0, 0.1) is 12.3 Å². The van der Waals surface area contributed by atoms with Gasteiger partial charge in [-0.2, -0.15) is 0 Å². The molecule has 24 heavy (non-hydrogen) atoms. The number of ether oxygens (including phenoxy) is 1. The first-order valence-electron chi connectivity index (χ1n) is 8.81. The lowest BCUT2D eigenvalue weighted by atomic mass is 9.74. The van der Waals surface area contributed by atoms with Gasteiger partial charge in [0.05, 0.1) is 17.7 Å². The zero-order valence-electron chi connectivity index (χ0n) is 14.5. The van der Waals surface area contributed by atoms with Crippen LogP contribution in [0.3, 0.4) is 0 Å². The maximum atomic E-state index is 12.6. The maximum Gasteiger partial charge on any atom is 0.312 e. The van der Waals surface area contributed by atoms with Gasteiger partial charge in [0, 0.05) is 18.4 Å². The molecule has 2 heterocycles. The fraction of sp³-hybridized carbons (Fsp3) is 0.579. The van der Waals surface area contributed by atoms with E-state index in [1.807, 2.05) is 19.1 Å². The standard InChI is InChI=1S/C19H26N2O3/c1-3-23-18(22)19(8-10-20-11-9-19)13-15-12-17(21-24-15)16-7-5-4-6-14(16)2/h4-7,15,20H,3,8-13H2,1-2H3. The maximum absolute atomic E-state index is 12.6. The Morgan fingerprint density at radius 2 is 2.12 bits per heavy atom. The average Bonchev–Trinajstić information content (AvgIpc) is 3.04. The molecule has 130 valence electrons. The molecule has 0 bridgehead atoms. The Labute approximate surface area is 143 Å². The molecule has 2 aliphatic rings. The van der Waals surface area contributed by atoms with E-state index in [1.54, 1.807) is 0 Å². The number of piperidine rings is 1. The molecule has 2 aliphatic heterocycles. The first kappa shape index (κ1) is 17.0. The SMILES string of the molecule is CCOC(=O)C1(CC2CC(c3ccccc3C)=NO2)CCNCC1. The first-order chi connectivity index (χ1) is 11.6. The van der Waals surface area contributed by atoms with Crippen LogP contribution in [0.2, 0.25) is 0 Å². The van der Waals surface area contributed by atoms with Crippen molar-refractivity contribution in [2.24, 2.45) is 10.6 Å². The summed E-state index contributed by atoms with van der Waals surface area (Å²) in [6, 6.07) is 8.20. The quantitative estimate of drug-likeness (QED) is 0.844. The Morgan fingerprint density at radius 3 is 2.83 bits per heavy atom. The summed E-state index contributed by atoms with van der Waals surface area (Å²) in [5.74, 6) is -0.0839. The minimum atomic E-state index is -0.442. The number of nitrogens with zero attached hydrogens (tertiary/aromatic N) is 1. The topological polar surface area (TPSA) is 59.9 Å². The highest BCUT2D eigenvalue weighted by atomic mass is 16.6. The fourth-order valence-corrected chi connectivity index (χ4v) is 3.71. The van der Waals surface area contributed by atoms with Crippen molar-refractivity contribution in [2.75, 3.05) is 19.7 Å². The third kappa shape index (κ3) is 3.46. The predicted molar refractivity (Wildman–Crippen MR) is 93.0 cm³/mol. The average molecular weight is 330 g/mol. The van der Waals surface area contributed by atoms with Gasteiger partial charge in [0.2, 0.25) is 0 Å². The number of hydrogen-bond donors (Lipinski definition) is 1. The lowest BCUT2D eigenvalue weighted by Gasteiger charge is -2.36. The van der Waals surface area contributed by atoms with E-state index in [1.165, 1.54) is 5.56 Å². The van der Waals surface area contributed by atoms with Crippen molar-refractivity contribution < 1.29 is 14.4 Å². The fourth-order valence-electron chi connectivity index (χ4n) is 3.71. The number of hydrogen-bond acceptors (Lipinski definition) is 5. The van der Waals surface area contributed by atoms with Crippen LogP contribution in [0.1, 0.15) is 43.7 Å². The molecule has 1 atom stereocenters. The summed E-state index contributed by atoms with van der Waals surface area (Å²) >= 11 is 0. The molecule has 1 saturated heterocycles. The second-order valence-electron chi connectivity index (χ2n) is 6.74. The summed E-state index contributed by atoms with van der Waals surface area (Å²) in [7, 11) is 0. The van der Waals surface area contributed by atoms with Crippen LogP contribution in [0.25, 0.3) is 0 Å². The van der Waals surface area contributed by atoms with Gasteiger partial charge < -0.3 is 14.9 Å². The zero-order valence-corrected chi connectivity index (χ0v) is 14.5. The Balaban J connectivity index is 1.69. The molecule has 1 N–H and O–H groups in total. The van der Waals surface area contributed by atoms with Crippen LogP contribution in [0.5, 0.6) is 0 Å². The lowest BCUT2D eigenvalue weighted by Crippen LogP contribution is -2.45. The van der Waals surface area contributed by atoms with Gasteiger partial charge in [0.25, 0.3) is 0 Å². The number of rotatable bonds is 5. The molecule has 0 aliphatic carbocycles. The Kier molecular flexibility index (Phi) is 5.19. The second kappa shape index (κ2) is 7.34. The molecule has 0 aromatic heterocycles. The van der Waals surface area contributed by atoms with Gasteiger partial charge in [-0.25, -0.2) is 0 Å². The molecule has 1 aromatic rings. The molecule has 0 saturated carbocycles. The van der Waals surface area contributed by atoms with E-state index in [2.05, 4.69) is 29.5 Å². The highest BCUT2D eigenvalue weighted by molar-refractivity contribution is 6.02. The van der Waals surface area contributed by atoms with Crippen molar-refractivity contribution >= 4 is 11.7 Å². The summed E-state index contributed by atoms with van der Waals surface area (Å²) in [5, 5.41) is 7.63. The van der Waals surface area contributed by atoms with Crippen LogP contribution in [0.15, 0.2) is 29.4 Å². The summed E-state index contributed by atoms with van der Waals surface area (Å²) in [6.45, 7) is 6.05. The van der Waals surface area contributed by atoms with Crippen LogP contribution in [-0.2, 0) is 14.4 Å². The van der Waals surface area contributed by atoms with E-state index in [0.29, 0.717) is 13.0 Å². The van der Waals surface area contributed by atoms with Crippen molar-refractivity contribution in [3.63, 3.8) is 0 Å². The van der Waals surface area contributed by atoms with Crippen molar-refractivity contribution in [1.82, 2.24) is 5.32 Å². The third-order valence-electron chi connectivity index (χ3n) is 5.08. The van der Waals surface area contributed by atoms with Gasteiger partial charge in [0.1, 0.15) is 6.10 Å². The van der Waals surface area contributed by atoms with E-state index < -0.39 is 5.41 Å². The molecule has 3 rings (SSSR count). The summed E-state index contributed by atoms with van der Waals surface area (Å²) < 4.78 is 5.37. The van der Waals surface area contributed by atoms with Crippen LogP contribution >= 0.6 is 0 Å². The molecule has 0 spiro atoms. The molecule has 1 aromatic carbocycles. The number of carbonyl (C=O) groups excluding carboxylic acids is 1. The third-order valence-corrected chi connectivity index (χ3v) is 5.08. The van der Waals surface area contributed by atoms with Gasteiger partial charge in [-0.1, -0.05) is 29.4 Å². The van der Waals surface area contributed by atoms with Crippen LogP contribution < -0.4 is 5.32 Å². The van der Waals surface area contributed by atoms with Gasteiger partial charge in [0.15, 0.2) is 0 Å². The molecule has 0 radical (unpaired) electrons. The molecule has 0 amide bonds. The number of benzene rings is 1.